The van der Waals surface area contributed by atoms with E-state index >= 15 is 0 Å². The van der Waals surface area contributed by atoms with Crippen LogP contribution >= 0.6 is 0 Å². The fraction of sp³-hybridized carbons (Fsp3) is 0.583. The average Bonchev–Trinajstić information content (AvgIpc) is 2.44. The molecule has 84 valence electrons. The molecule has 0 spiro atoms. The smallest absolute Gasteiger partial charge is 0.0668 e. The van der Waals surface area contributed by atoms with Crippen molar-refractivity contribution in [3.05, 3.63) is 23.0 Å². The SMILES string of the molecule is CCCNCC=Cc1c(C)nn(C)c1C. The van der Waals surface area contributed by atoms with Gasteiger partial charge in [-0.25, -0.2) is 0 Å². The van der Waals surface area contributed by atoms with Gasteiger partial charge in [-0.3, -0.25) is 4.68 Å². The van der Waals surface area contributed by atoms with Gasteiger partial charge in [-0.15, -0.1) is 0 Å². The van der Waals surface area contributed by atoms with Gasteiger partial charge in [0.05, 0.1) is 5.69 Å². The van der Waals surface area contributed by atoms with Crippen molar-refractivity contribution in [3.63, 3.8) is 0 Å². The van der Waals surface area contributed by atoms with Crippen LogP contribution in [0.2, 0.25) is 0 Å². The number of aryl methyl sites for hydroxylation is 2. The second-order valence-corrected chi connectivity index (χ2v) is 3.81. The van der Waals surface area contributed by atoms with E-state index < -0.39 is 0 Å². The molecule has 0 unspecified atom stereocenters. The minimum absolute atomic E-state index is 0.932. The quantitative estimate of drug-likeness (QED) is 0.749. The number of nitrogens with zero attached hydrogens (tertiary/aromatic N) is 2. The standard InChI is InChI=1S/C12H21N3/c1-5-8-13-9-6-7-12-10(2)14-15(4)11(12)3/h6-7,13H,5,8-9H2,1-4H3. The molecule has 0 radical (unpaired) electrons. The highest BCUT2D eigenvalue weighted by atomic mass is 15.3. The second-order valence-electron chi connectivity index (χ2n) is 3.81. The van der Waals surface area contributed by atoms with Gasteiger partial charge < -0.3 is 5.32 Å². The van der Waals surface area contributed by atoms with Gasteiger partial charge >= 0.3 is 0 Å². The monoisotopic (exact) mass is 207 g/mol. The molecule has 3 nitrogen and oxygen atoms in total. The van der Waals surface area contributed by atoms with Crippen LogP contribution in [0.15, 0.2) is 6.08 Å². The summed E-state index contributed by atoms with van der Waals surface area (Å²) in [6.45, 7) is 8.33. The second kappa shape index (κ2) is 5.71. The topological polar surface area (TPSA) is 29.9 Å². The first-order valence-electron chi connectivity index (χ1n) is 5.54. The van der Waals surface area contributed by atoms with Gasteiger partial charge in [-0.2, -0.15) is 5.10 Å². The van der Waals surface area contributed by atoms with Gasteiger partial charge in [-0.1, -0.05) is 19.1 Å². The van der Waals surface area contributed by atoms with Crippen LogP contribution in [0.3, 0.4) is 0 Å². The minimum Gasteiger partial charge on any atom is -0.313 e. The number of hydrogen-bond donors (Lipinski definition) is 1. The van der Waals surface area contributed by atoms with Crippen LogP contribution in [0.4, 0.5) is 0 Å². The molecule has 0 aliphatic rings. The molecule has 1 aromatic rings. The normalized spacial score (nSPS) is 11.5. The zero-order chi connectivity index (χ0) is 11.3. The maximum Gasteiger partial charge on any atom is 0.0668 e. The molecule has 0 fully saturated rings. The van der Waals surface area contributed by atoms with Crippen LogP contribution in [0.5, 0.6) is 0 Å². The molecular weight excluding hydrogens is 186 g/mol. The van der Waals surface area contributed by atoms with Crippen molar-refractivity contribution >= 4 is 6.08 Å². The summed E-state index contributed by atoms with van der Waals surface area (Å²) < 4.78 is 1.93. The van der Waals surface area contributed by atoms with Gasteiger partial charge in [0.2, 0.25) is 0 Å². The lowest BCUT2D eigenvalue weighted by Crippen LogP contribution is -2.13. The molecule has 0 amide bonds. The lowest BCUT2D eigenvalue weighted by molar-refractivity contribution is 0.729. The first-order chi connectivity index (χ1) is 7.16. The lowest BCUT2D eigenvalue weighted by Gasteiger charge is -1.97. The third-order valence-corrected chi connectivity index (χ3v) is 2.54. The van der Waals surface area contributed by atoms with Crippen molar-refractivity contribution in [2.45, 2.75) is 27.2 Å². The molecular formula is C12H21N3. The molecule has 0 saturated carbocycles. The Morgan fingerprint density at radius 3 is 2.67 bits per heavy atom. The van der Waals surface area contributed by atoms with Gasteiger partial charge in [0.15, 0.2) is 0 Å². The summed E-state index contributed by atoms with van der Waals surface area (Å²) in [7, 11) is 1.98. The predicted molar refractivity (Wildman–Crippen MR) is 64.9 cm³/mol. The molecule has 0 aliphatic heterocycles. The molecule has 3 heteroatoms. The fourth-order valence-corrected chi connectivity index (χ4v) is 1.57. The first kappa shape index (κ1) is 12.0. The summed E-state index contributed by atoms with van der Waals surface area (Å²) in [4.78, 5) is 0. The summed E-state index contributed by atoms with van der Waals surface area (Å²) >= 11 is 0. The van der Waals surface area contributed by atoms with Crippen molar-refractivity contribution < 1.29 is 0 Å². The molecule has 0 aromatic carbocycles. The van der Waals surface area contributed by atoms with Crippen LogP contribution in [0.1, 0.15) is 30.3 Å². The predicted octanol–water partition coefficient (Wildman–Crippen LogP) is 2.05. The Hall–Kier alpha value is -1.09. The zero-order valence-corrected chi connectivity index (χ0v) is 10.2. The molecule has 1 aromatic heterocycles. The van der Waals surface area contributed by atoms with Crippen molar-refractivity contribution in [3.8, 4) is 0 Å². The van der Waals surface area contributed by atoms with Crippen molar-refractivity contribution in [1.82, 2.24) is 15.1 Å². The highest BCUT2D eigenvalue weighted by molar-refractivity contribution is 5.54. The maximum atomic E-state index is 4.37. The van der Waals surface area contributed by atoms with E-state index in [4.69, 9.17) is 0 Å². The van der Waals surface area contributed by atoms with Gasteiger partial charge in [0.25, 0.3) is 0 Å². The average molecular weight is 207 g/mol. The first-order valence-corrected chi connectivity index (χ1v) is 5.54. The van der Waals surface area contributed by atoms with Crippen LogP contribution < -0.4 is 5.32 Å². The van der Waals surface area contributed by atoms with E-state index in [1.54, 1.807) is 0 Å². The Kier molecular flexibility index (Phi) is 4.56. The number of rotatable bonds is 5. The zero-order valence-electron chi connectivity index (χ0n) is 10.2. The van der Waals surface area contributed by atoms with Crippen molar-refractivity contribution in [2.24, 2.45) is 7.05 Å². The molecule has 15 heavy (non-hydrogen) atoms. The lowest BCUT2D eigenvalue weighted by atomic mass is 10.2. The van der Waals surface area contributed by atoms with E-state index in [2.05, 4.69) is 36.4 Å². The molecule has 1 heterocycles. The fourth-order valence-electron chi connectivity index (χ4n) is 1.57. The summed E-state index contributed by atoms with van der Waals surface area (Å²) in [6.07, 6.45) is 5.49. The summed E-state index contributed by atoms with van der Waals surface area (Å²) in [5.41, 5.74) is 3.57. The third kappa shape index (κ3) is 3.20. The largest absolute Gasteiger partial charge is 0.313 e. The number of hydrogen-bond acceptors (Lipinski definition) is 2. The van der Waals surface area contributed by atoms with E-state index in [-0.39, 0.29) is 0 Å². The van der Waals surface area contributed by atoms with Gasteiger partial charge in [0.1, 0.15) is 0 Å². The molecule has 0 bridgehead atoms. The van der Waals surface area contributed by atoms with Crippen LogP contribution in [-0.4, -0.2) is 22.9 Å². The van der Waals surface area contributed by atoms with Crippen molar-refractivity contribution in [2.75, 3.05) is 13.1 Å². The maximum absolute atomic E-state index is 4.37. The Labute approximate surface area is 92.2 Å². The Balaban J connectivity index is 2.56. The molecule has 0 atom stereocenters. The summed E-state index contributed by atoms with van der Waals surface area (Å²) in [5.74, 6) is 0. The molecule has 0 aliphatic carbocycles. The van der Waals surface area contributed by atoms with Gasteiger partial charge in [-0.05, 0) is 26.8 Å². The van der Waals surface area contributed by atoms with Crippen LogP contribution in [0.25, 0.3) is 6.08 Å². The highest BCUT2D eigenvalue weighted by Crippen LogP contribution is 2.13. The number of aromatic nitrogens is 2. The van der Waals surface area contributed by atoms with E-state index in [0.717, 1.165) is 18.8 Å². The Morgan fingerprint density at radius 2 is 2.13 bits per heavy atom. The van der Waals surface area contributed by atoms with E-state index in [1.807, 2.05) is 18.7 Å². The Bertz CT molecular complexity index is 337. The van der Waals surface area contributed by atoms with E-state index in [0.29, 0.717) is 0 Å². The molecule has 1 rings (SSSR count). The van der Waals surface area contributed by atoms with Crippen molar-refractivity contribution in [1.29, 1.82) is 0 Å². The summed E-state index contributed by atoms with van der Waals surface area (Å²) in [6, 6.07) is 0. The summed E-state index contributed by atoms with van der Waals surface area (Å²) in [5, 5.41) is 7.71. The highest BCUT2D eigenvalue weighted by Gasteiger charge is 2.04. The molecule has 1 N–H and O–H groups in total. The molecule has 0 saturated heterocycles. The number of nitrogens with one attached hydrogen (secondary N) is 1. The van der Waals surface area contributed by atoms with E-state index in [9.17, 15) is 0 Å². The Morgan fingerprint density at radius 1 is 1.40 bits per heavy atom. The van der Waals surface area contributed by atoms with E-state index in [1.165, 1.54) is 17.7 Å². The minimum atomic E-state index is 0.932. The van der Waals surface area contributed by atoms with Gasteiger partial charge in [0, 0.05) is 24.8 Å². The van der Waals surface area contributed by atoms with Crippen LogP contribution in [-0.2, 0) is 7.05 Å². The third-order valence-electron chi connectivity index (χ3n) is 2.54. The van der Waals surface area contributed by atoms with Crippen LogP contribution in [0, 0.1) is 13.8 Å².